The van der Waals surface area contributed by atoms with Gasteiger partial charge in [0.15, 0.2) is 0 Å². The van der Waals surface area contributed by atoms with Crippen molar-refractivity contribution >= 4 is 15.9 Å². The summed E-state index contributed by atoms with van der Waals surface area (Å²) in [5.41, 5.74) is 1.53. The van der Waals surface area contributed by atoms with Crippen LogP contribution in [0.15, 0.2) is 46.9 Å². The third kappa shape index (κ3) is 4.75. The molecule has 1 fully saturated rings. The molecule has 2 aromatic rings. The Balaban J connectivity index is 1.93. The fourth-order valence-corrected chi connectivity index (χ4v) is 3.34. The number of nitrogens with one attached hydrogen (secondary N) is 1. The first kappa shape index (κ1) is 19.1. The second-order valence-electron chi connectivity index (χ2n) is 5.98. The second-order valence-corrected chi connectivity index (χ2v) is 6.83. The monoisotopic (exact) mass is 432 g/mol. The molecule has 1 atom stereocenters. The van der Waals surface area contributed by atoms with Gasteiger partial charge in [-0.3, -0.25) is 4.90 Å². The summed E-state index contributed by atoms with van der Waals surface area (Å²) in [6.45, 7) is 3.10. The molecule has 0 unspecified atom stereocenters. The van der Waals surface area contributed by atoms with Crippen molar-refractivity contribution < 1.29 is 22.3 Å². The van der Waals surface area contributed by atoms with E-state index in [1.807, 2.05) is 6.07 Å². The highest BCUT2D eigenvalue weighted by atomic mass is 79.9. The minimum Gasteiger partial charge on any atom is -0.406 e. The highest BCUT2D eigenvalue weighted by Crippen LogP contribution is 2.33. The molecule has 0 aliphatic carbocycles. The van der Waals surface area contributed by atoms with Gasteiger partial charge in [0.25, 0.3) is 0 Å². The first-order chi connectivity index (χ1) is 12.3. The number of rotatable bonds is 4. The van der Waals surface area contributed by atoms with Gasteiger partial charge in [0, 0.05) is 26.2 Å². The number of ether oxygens (including phenoxy) is 1. The van der Waals surface area contributed by atoms with Crippen molar-refractivity contribution in [3.8, 4) is 5.75 Å². The van der Waals surface area contributed by atoms with Crippen LogP contribution in [0.2, 0.25) is 0 Å². The van der Waals surface area contributed by atoms with Crippen molar-refractivity contribution in [2.24, 2.45) is 0 Å². The SMILES string of the molecule is Fc1cc([C@@H](c2ccc(OC(F)(F)F)cc2)N2CCNCC2)ccc1Br. The van der Waals surface area contributed by atoms with Gasteiger partial charge in [-0.2, -0.15) is 0 Å². The number of alkyl halides is 3. The van der Waals surface area contributed by atoms with Crippen molar-refractivity contribution in [1.82, 2.24) is 10.2 Å². The molecule has 0 saturated carbocycles. The highest BCUT2D eigenvalue weighted by molar-refractivity contribution is 9.10. The Morgan fingerprint density at radius 1 is 1.00 bits per heavy atom. The predicted molar refractivity (Wildman–Crippen MR) is 93.5 cm³/mol. The first-order valence-corrected chi connectivity index (χ1v) is 8.88. The van der Waals surface area contributed by atoms with Gasteiger partial charge in [0.05, 0.1) is 10.5 Å². The summed E-state index contributed by atoms with van der Waals surface area (Å²) >= 11 is 3.15. The maximum absolute atomic E-state index is 14.0. The average molecular weight is 433 g/mol. The molecule has 140 valence electrons. The standard InChI is InChI=1S/C18H17BrF4N2O/c19-15-6-3-13(11-16(15)20)17(25-9-7-24-8-10-25)12-1-4-14(5-2-12)26-18(21,22)23/h1-6,11,17,24H,7-10H2/t17-/m1/s1. The summed E-state index contributed by atoms with van der Waals surface area (Å²) in [7, 11) is 0. The topological polar surface area (TPSA) is 24.5 Å². The second kappa shape index (κ2) is 7.94. The highest BCUT2D eigenvalue weighted by Gasteiger charge is 2.31. The molecule has 1 aliphatic heterocycles. The van der Waals surface area contributed by atoms with Gasteiger partial charge in [0.1, 0.15) is 11.6 Å². The van der Waals surface area contributed by atoms with Gasteiger partial charge in [0.2, 0.25) is 0 Å². The van der Waals surface area contributed by atoms with Gasteiger partial charge in [-0.05, 0) is 51.3 Å². The summed E-state index contributed by atoms with van der Waals surface area (Å²) < 4.78 is 55.4. The lowest BCUT2D eigenvalue weighted by atomic mass is 9.96. The predicted octanol–water partition coefficient (Wildman–Crippen LogP) is 4.48. The zero-order valence-electron chi connectivity index (χ0n) is 13.7. The summed E-state index contributed by atoms with van der Waals surface area (Å²) in [6.07, 6.45) is -4.73. The Bertz CT molecular complexity index is 746. The summed E-state index contributed by atoms with van der Waals surface area (Å²) in [5, 5.41) is 3.26. The van der Waals surface area contributed by atoms with E-state index in [1.54, 1.807) is 18.2 Å². The third-order valence-electron chi connectivity index (χ3n) is 4.21. The largest absolute Gasteiger partial charge is 0.573 e. The van der Waals surface area contributed by atoms with Gasteiger partial charge >= 0.3 is 6.36 Å². The number of piperazine rings is 1. The molecule has 0 aromatic heterocycles. The molecule has 1 aliphatic rings. The van der Waals surface area contributed by atoms with E-state index in [0.29, 0.717) is 4.47 Å². The van der Waals surface area contributed by atoms with Crippen LogP contribution in [-0.4, -0.2) is 37.4 Å². The molecule has 0 amide bonds. The van der Waals surface area contributed by atoms with Crippen molar-refractivity contribution in [2.45, 2.75) is 12.4 Å². The van der Waals surface area contributed by atoms with Crippen LogP contribution >= 0.6 is 15.9 Å². The zero-order valence-corrected chi connectivity index (χ0v) is 15.3. The van der Waals surface area contributed by atoms with Crippen molar-refractivity contribution in [2.75, 3.05) is 26.2 Å². The Morgan fingerprint density at radius 2 is 1.62 bits per heavy atom. The van der Waals surface area contributed by atoms with E-state index in [2.05, 4.69) is 30.9 Å². The van der Waals surface area contributed by atoms with Gasteiger partial charge in [-0.15, -0.1) is 13.2 Å². The Morgan fingerprint density at radius 3 is 2.19 bits per heavy atom. The molecule has 1 heterocycles. The van der Waals surface area contributed by atoms with Crippen LogP contribution in [0.5, 0.6) is 5.75 Å². The average Bonchev–Trinajstić information content (AvgIpc) is 2.59. The lowest BCUT2D eigenvalue weighted by molar-refractivity contribution is -0.274. The lowest BCUT2D eigenvalue weighted by Gasteiger charge is -2.35. The quantitative estimate of drug-likeness (QED) is 0.720. The summed E-state index contributed by atoms with van der Waals surface area (Å²) in [5.74, 6) is -0.651. The molecule has 1 saturated heterocycles. The van der Waals surface area contributed by atoms with Gasteiger partial charge in [-0.1, -0.05) is 18.2 Å². The van der Waals surface area contributed by atoms with Crippen LogP contribution in [0.1, 0.15) is 17.2 Å². The lowest BCUT2D eigenvalue weighted by Crippen LogP contribution is -2.45. The molecule has 1 N–H and O–H groups in total. The summed E-state index contributed by atoms with van der Waals surface area (Å²) in [6, 6.07) is 10.4. The molecule has 0 radical (unpaired) electrons. The van der Waals surface area contributed by atoms with Crippen molar-refractivity contribution in [1.29, 1.82) is 0 Å². The van der Waals surface area contributed by atoms with Gasteiger partial charge < -0.3 is 10.1 Å². The van der Waals surface area contributed by atoms with E-state index in [9.17, 15) is 17.6 Å². The molecular weight excluding hydrogens is 416 g/mol. The molecule has 2 aromatic carbocycles. The maximum atomic E-state index is 14.0. The van der Waals surface area contributed by atoms with Crippen LogP contribution in [0.4, 0.5) is 17.6 Å². The van der Waals surface area contributed by atoms with Crippen LogP contribution < -0.4 is 10.1 Å². The van der Waals surface area contributed by atoms with Crippen molar-refractivity contribution in [3.05, 3.63) is 63.9 Å². The number of benzene rings is 2. The number of hydrogen-bond donors (Lipinski definition) is 1. The van der Waals surface area contributed by atoms with E-state index < -0.39 is 6.36 Å². The van der Waals surface area contributed by atoms with Crippen LogP contribution in [0.3, 0.4) is 0 Å². The Hall–Kier alpha value is -1.64. The van der Waals surface area contributed by atoms with E-state index in [0.717, 1.165) is 37.3 Å². The first-order valence-electron chi connectivity index (χ1n) is 8.09. The smallest absolute Gasteiger partial charge is 0.406 e. The molecule has 0 spiro atoms. The minimum absolute atomic E-state index is 0.250. The maximum Gasteiger partial charge on any atom is 0.573 e. The number of nitrogens with zero attached hydrogens (tertiary/aromatic N) is 1. The fraction of sp³-hybridized carbons (Fsp3) is 0.333. The molecule has 3 rings (SSSR count). The molecule has 0 bridgehead atoms. The van der Waals surface area contributed by atoms with Crippen LogP contribution in [0.25, 0.3) is 0 Å². The number of halogens is 5. The van der Waals surface area contributed by atoms with Crippen LogP contribution in [-0.2, 0) is 0 Å². The third-order valence-corrected chi connectivity index (χ3v) is 4.85. The molecule has 3 nitrogen and oxygen atoms in total. The zero-order chi connectivity index (χ0) is 18.7. The van der Waals surface area contributed by atoms with E-state index in [1.165, 1.54) is 18.2 Å². The Kier molecular flexibility index (Phi) is 5.84. The Labute approximate surface area is 157 Å². The normalized spacial score (nSPS) is 17.1. The number of hydrogen-bond acceptors (Lipinski definition) is 3. The summed E-state index contributed by atoms with van der Waals surface area (Å²) in [4.78, 5) is 2.18. The molecule has 8 heteroatoms. The minimum atomic E-state index is -4.73. The van der Waals surface area contributed by atoms with Crippen LogP contribution in [0, 0.1) is 5.82 Å². The van der Waals surface area contributed by atoms with E-state index in [-0.39, 0.29) is 17.6 Å². The van der Waals surface area contributed by atoms with E-state index in [4.69, 9.17) is 0 Å². The molecule has 26 heavy (non-hydrogen) atoms. The van der Waals surface area contributed by atoms with Gasteiger partial charge in [-0.25, -0.2) is 4.39 Å². The fourth-order valence-electron chi connectivity index (χ4n) is 3.09. The van der Waals surface area contributed by atoms with E-state index >= 15 is 0 Å². The van der Waals surface area contributed by atoms with Crippen molar-refractivity contribution in [3.63, 3.8) is 0 Å². The molecular formula is C18H17BrF4N2O.